The number of nitrogens with one attached hydrogen (secondary N) is 1. The Morgan fingerprint density at radius 3 is 2.56 bits per heavy atom. The summed E-state index contributed by atoms with van der Waals surface area (Å²) in [4.78, 5) is 15.1. The lowest BCUT2D eigenvalue weighted by atomic mass is 9.73. The van der Waals surface area contributed by atoms with Crippen LogP contribution in [0.1, 0.15) is 24.0 Å². The Morgan fingerprint density at radius 2 is 1.85 bits per heavy atom. The molecule has 0 bridgehead atoms. The normalized spacial score (nSPS) is 18.4. The molecule has 27 heavy (non-hydrogen) atoms. The largest absolute Gasteiger partial charge is 0.492 e. The lowest BCUT2D eigenvalue weighted by molar-refractivity contribution is -0.122. The van der Waals surface area contributed by atoms with E-state index in [1.807, 2.05) is 30.3 Å². The fourth-order valence-corrected chi connectivity index (χ4v) is 4.56. The van der Waals surface area contributed by atoms with Crippen LogP contribution in [-0.2, 0) is 10.2 Å². The summed E-state index contributed by atoms with van der Waals surface area (Å²) >= 11 is 12.5. The van der Waals surface area contributed by atoms with Crippen LogP contribution in [-0.4, -0.2) is 37.0 Å². The molecule has 0 atom stereocenters. The van der Waals surface area contributed by atoms with Crippen molar-refractivity contribution in [3.63, 3.8) is 0 Å². The first kappa shape index (κ1) is 18.6. The Labute approximate surface area is 169 Å². The third kappa shape index (κ3) is 3.54. The van der Waals surface area contributed by atoms with Crippen molar-refractivity contribution in [2.75, 3.05) is 31.6 Å². The van der Waals surface area contributed by atoms with Crippen molar-refractivity contribution in [2.24, 2.45) is 0 Å². The Morgan fingerprint density at radius 1 is 1.15 bits per heavy atom. The number of anilines is 1. The standard InChI is InChI=1S/C21H22Cl2N2O2/c1-14-2-4-16(5-3-14)27-11-10-25-8-6-21(7-9-25)17-12-15(22)13-18(23)19(17)24-20(21)26/h2-5,12-13H,6-11H2,1H3,(H,24,26). The third-order valence-corrected chi connectivity index (χ3v) is 6.17. The molecule has 1 N–H and O–H groups in total. The summed E-state index contributed by atoms with van der Waals surface area (Å²) in [6.45, 7) is 5.22. The molecule has 2 aliphatic rings. The van der Waals surface area contributed by atoms with Crippen LogP contribution >= 0.6 is 23.2 Å². The van der Waals surface area contributed by atoms with E-state index in [2.05, 4.69) is 17.1 Å². The first-order valence-corrected chi connectivity index (χ1v) is 9.96. The maximum absolute atomic E-state index is 12.7. The Balaban J connectivity index is 1.38. The Hall–Kier alpha value is -1.75. The van der Waals surface area contributed by atoms with Gasteiger partial charge in [0.25, 0.3) is 0 Å². The van der Waals surface area contributed by atoms with Gasteiger partial charge >= 0.3 is 0 Å². The Bertz CT molecular complexity index is 859. The molecule has 0 aromatic heterocycles. The van der Waals surface area contributed by atoms with Crippen molar-refractivity contribution < 1.29 is 9.53 Å². The number of ether oxygens (including phenoxy) is 1. The highest BCUT2D eigenvalue weighted by Gasteiger charge is 2.49. The molecule has 0 radical (unpaired) electrons. The summed E-state index contributed by atoms with van der Waals surface area (Å²) in [6, 6.07) is 11.6. The molecule has 4 nitrogen and oxygen atoms in total. The zero-order chi connectivity index (χ0) is 19.0. The van der Waals surface area contributed by atoms with Gasteiger partial charge in [-0.15, -0.1) is 0 Å². The van der Waals surface area contributed by atoms with Gasteiger partial charge in [0, 0.05) is 11.6 Å². The lowest BCUT2D eigenvalue weighted by Crippen LogP contribution is -2.47. The molecular formula is C21H22Cl2N2O2. The lowest BCUT2D eigenvalue weighted by Gasteiger charge is -2.38. The molecule has 0 unspecified atom stereocenters. The second-order valence-corrected chi connectivity index (χ2v) is 8.19. The average molecular weight is 405 g/mol. The minimum Gasteiger partial charge on any atom is -0.492 e. The van der Waals surface area contributed by atoms with Crippen LogP contribution in [0.4, 0.5) is 5.69 Å². The van der Waals surface area contributed by atoms with Crippen LogP contribution in [0.3, 0.4) is 0 Å². The molecular weight excluding hydrogens is 383 g/mol. The molecule has 6 heteroatoms. The van der Waals surface area contributed by atoms with Gasteiger partial charge in [-0.25, -0.2) is 0 Å². The van der Waals surface area contributed by atoms with Gasteiger partial charge in [-0.05, 0) is 62.7 Å². The summed E-state index contributed by atoms with van der Waals surface area (Å²) in [7, 11) is 0. The molecule has 2 aromatic carbocycles. The van der Waals surface area contributed by atoms with Gasteiger partial charge in [-0.3, -0.25) is 9.69 Å². The second-order valence-electron chi connectivity index (χ2n) is 7.35. The quantitative estimate of drug-likeness (QED) is 0.804. The van der Waals surface area contributed by atoms with Crippen LogP contribution in [0.5, 0.6) is 5.75 Å². The van der Waals surface area contributed by atoms with Crippen molar-refractivity contribution in [2.45, 2.75) is 25.2 Å². The summed E-state index contributed by atoms with van der Waals surface area (Å²) in [5.41, 5.74) is 2.37. The van der Waals surface area contributed by atoms with Crippen LogP contribution in [0.25, 0.3) is 0 Å². The van der Waals surface area contributed by atoms with Gasteiger partial charge in [0.2, 0.25) is 5.91 Å². The summed E-state index contributed by atoms with van der Waals surface area (Å²) in [5, 5.41) is 4.05. The zero-order valence-corrected chi connectivity index (χ0v) is 16.7. The molecule has 0 aliphatic carbocycles. The van der Waals surface area contributed by atoms with E-state index in [9.17, 15) is 4.79 Å². The number of piperidine rings is 1. The van der Waals surface area contributed by atoms with Gasteiger partial charge < -0.3 is 10.1 Å². The summed E-state index contributed by atoms with van der Waals surface area (Å²) < 4.78 is 5.83. The number of hydrogen-bond acceptors (Lipinski definition) is 3. The van der Waals surface area contributed by atoms with Crippen molar-refractivity contribution in [1.82, 2.24) is 4.90 Å². The first-order valence-electron chi connectivity index (χ1n) is 9.21. The number of nitrogens with zero attached hydrogens (tertiary/aromatic N) is 1. The number of amides is 1. The van der Waals surface area contributed by atoms with E-state index in [0.29, 0.717) is 16.7 Å². The maximum atomic E-state index is 12.7. The number of aryl methyl sites for hydroxylation is 1. The van der Waals surface area contributed by atoms with Crippen molar-refractivity contribution in [1.29, 1.82) is 0 Å². The van der Waals surface area contributed by atoms with Gasteiger partial charge in [0.05, 0.1) is 16.1 Å². The van der Waals surface area contributed by atoms with Crippen LogP contribution in [0.2, 0.25) is 10.0 Å². The number of halogens is 2. The number of carbonyl (C=O) groups excluding carboxylic acids is 1. The molecule has 4 rings (SSSR count). The second kappa shape index (κ2) is 7.34. The molecule has 1 spiro atoms. The molecule has 2 aromatic rings. The predicted molar refractivity (Wildman–Crippen MR) is 109 cm³/mol. The van der Waals surface area contributed by atoms with Crippen LogP contribution in [0.15, 0.2) is 36.4 Å². The maximum Gasteiger partial charge on any atom is 0.235 e. The van der Waals surface area contributed by atoms with E-state index in [1.54, 1.807) is 6.07 Å². The van der Waals surface area contributed by atoms with Gasteiger partial charge in [-0.1, -0.05) is 40.9 Å². The smallest absolute Gasteiger partial charge is 0.235 e. The summed E-state index contributed by atoms with van der Waals surface area (Å²) in [6.07, 6.45) is 1.51. The monoisotopic (exact) mass is 404 g/mol. The molecule has 1 saturated heterocycles. The topological polar surface area (TPSA) is 41.6 Å². The zero-order valence-electron chi connectivity index (χ0n) is 15.2. The number of carbonyl (C=O) groups is 1. The molecule has 2 heterocycles. The Kier molecular flexibility index (Phi) is 5.06. The first-order chi connectivity index (χ1) is 13.0. The molecule has 1 amide bonds. The van der Waals surface area contributed by atoms with E-state index in [0.717, 1.165) is 49.5 Å². The predicted octanol–water partition coefficient (Wildman–Crippen LogP) is 4.67. The summed E-state index contributed by atoms with van der Waals surface area (Å²) in [5.74, 6) is 0.930. The number of likely N-dealkylation sites (tertiary alicyclic amines) is 1. The van der Waals surface area contributed by atoms with Gasteiger partial charge in [-0.2, -0.15) is 0 Å². The van der Waals surface area contributed by atoms with Crippen LogP contribution < -0.4 is 10.1 Å². The van der Waals surface area contributed by atoms with Crippen molar-refractivity contribution in [3.05, 3.63) is 57.6 Å². The van der Waals surface area contributed by atoms with E-state index in [1.165, 1.54) is 5.56 Å². The number of fused-ring (bicyclic) bond motifs is 2. The highest BCUT2D eigenvalue weighted by atomic mass is 35.5. The number of rotatable bonds is 4. The van der Waals surface area contributed by atoms with Gasteiger partial charge in [0.1, 0.15) is 12.4 Å². The van der Waals surface area contributed by atoms with Crippen molar-refractivity contribution in [3.8, 4) is 5.75 Å². The minimum absolute atomic E-state index is 0.0391. The van der Waals surface area contributed by atoms with E-state index >= 15 is 0 Å². The third-order valence-electron chi connectivity index (χ3n) is 5.65. The molecule has 1 fully saturated rings. The average Bonchev–Trinajstić information content (AvgIpc) is 2.91. The van der Waals surface area contributed by atoms with E-state index < -0.39 is 5.41 Å². The molecule has 0 saturated carbocycles. The highest BCUT2D eigenvalue weighted by Crippen LogP contribution is 2.48. The fourth-order valence-electron chi connectivity index (χ4n) is 4.02. The SMILES string of the molecule is Cc1ccc(OCCN2CCC3(CC2)C(=O)Nc2c(Cl)cc(Cl)cc23)cc1. The molecule has 142 valence electrons. The molecule has 2 aliphatic heterocycles. The highest BCUT2D eigenvalue weighted by molar-refractivity contribution is 6.37. The van der Waals surface area contributed by atoms with Crippen molar-refractivity contribution >= 4 is 34.8 Å². The number of benzene rings is 2. The van der Waals surface area contributed by atoms with E-state index in [-0.39, 0.29) is 5.91 Å². The minimum atomic E-state index is -0.516. The number of hydrogen-bond donors (Lipinski definition) is 1. The van der Waals surface area contributed by atoms with Crippen LogP contribution in [0, 0.1) is 6.92 Å². The van der Waals surface area contributed by atoms with E-state index in [4.69, 9.17) is 27.9 Å². The van der Waals surface area contributed by atoms with Gasteiger partial charge in [0.15, 0.2) is 0 Å². The fraction of sp³-hybridized carbons (Fsp3) is 0.381.